The van der Waals surface area contributed by atoms with Crippen LogP contribution in [0.15, 0.2) is 36.5 Å². The Hall–Kier alpha value is -1.93. The van der Waals surface area contributed by atoms with Crippen molar-refractivity contribution in [1.82, 2.24) is 15.6 Å². The van der Waals surface area contributed by atoms with Crippen LogP contribution >= 0.6 is 24.8 Å². The minimum Gasteiger partial charge on any atom is -0.378 e. The van der Waals surface area contributed by atoms with E-state index in [1.807, 2.05) is 24.3 Å². The number of morpholine rings is 1. The fourth-order valence-corrected chi connectivity index (χ4v) is 2.63. The molecule has 0 spiro atoms. The van der Waals surface area contributed by atoms with Crippen LogP contribution in [0.25, 0.3) is 10.9 Å². The van der Waals surface area contributed by atoms with E-state index in [2.05, 4.69) is 20.9 Å². The van der Waals surface area contributed by atoms with Crippen molar-refractivity contribution in [2.45, 2.75) is 12.5 Å². The van der Waals surface area contributed by atoms with Crippen LogP contribution in [-0.4, -0.2) is 49.1 Å². The zero-order valence-corrected chi connectivity index (χ0v) is 15.7. The summed E-state index contributed by atoms with van der Waals surface area (Å²) >= 11 is 0. The Labute approximate surface area is 164 Å². The maximum absolute atomic E-state index is 12.1. The number of carbonyl (C=O) groups is 2. The lowest BCUT2D eigenvalue weighted by Gasteiger charge is -2.23. The number of benzene rings is 1. The van der Waals surface area contributed by atoms with E-state index in [9.17, 15) is 9.59 Å². The molecule has 1 unspecified atom stereocenters. The van der Waals surface area contributed by atoms with Gasteiger partial charge in [0.1, 0.15) is 0 Å². The van der Waals surface area contributed by atoms with E-state index in [1.165, 1.54) is 0 Å². The molecule has 1 aliphatic rings. The Kier molecular flexibility index (Phi) is 9.29. The molecule has 2 aromatic rings. The lowest BCUT2D eigenvalue weighted by Crippen LogP contribution is -2.45. The third kappa shape index (κ3) is 6.10. The van der Waals surface area contributed by atoms with Gasteiger partial charge >= 0.3 is 0 Å². The Morgan fingerprint density at radius 2 is 2.00 bits per heavy atom. The van der Waals surface area contributed by atoms with Gasteiger partial charge in [0.2, 0.25) is 11.8 Å². The van der Waals surface area contributed by atoms with Gasteiger partial charge in [0.15, 0.2) is 0 Å². The lowest BCUT2D eigenvalue weighted by molar-refractivity contribution is -0.125. The molecular weight excluding hydrogens is 379 g/mol. The normalized spacial score (nSPS) is 16.1. The van der Waals surface area contributed by atoms with Crippen molar-refractivity contribution in [3.63, 3.8) is 0 Å². The molecule has 26 heavy (non-hydrogen) atoms. The Morgan fingerprint density at radius 1 is 1.19 bits per heavy atom. The van der Waals surface area contributed by atoms with Gasteiger partial charge in [-0.2, -0.15) is 0 Å². The van der Waals surface area contributed by atoms with E-state index < -0.39 is 0 Å². The summed E-state index contributed by atoms with van der Waals surface area (Å²) in [6.07, 6.45) is 1.97. The SMILES string of the molecule is Cl.Cl.O=C(CC1COCCN1)NCC(=O)Nc1cccc2cccnc12. The van der Waals surface area contributed by atoms with Crippen LogP contribution in [0.3, 0.4) is 0 Å². The molecular formula is C17H22Cl2N4O3. The van der Waals surface area contributed by atoms with Gasteiger partial charge in [-0.05, 0) is 12.1 Å². The highest BCUT2D eigenvalue weighted by molar-refractivity contribution is 6.01. The number of amides is 2. The third-order valence-corrected chi connectivity index (χ3v) is 3.78. The van der Waals surface area contributed by atoms with E-state index in [0.29, 0.717) is 25.3 Å². The smallest absolute Gasteiger partial charge is 0.243 e. The van der Waals surface area contributed by atoms with E-state index in [0.717, 1.165) is 17.4 Å². The van der Waals surface area contributed by atoms with Gasteiger partial charge in [-0.25, -0.2) is 0 Å². The van der Waals surface area contributed by atoms with Crippen molar-refractivity contribution in [3.05, 3.63) is 36.5 Å². The first-order chi connectivity index (χ1) is 11.7. The standard InChI is InChI=1S/C17H20N4O3.2ClH/c22-15(9-13-11-24-8-7-18-13)20-10-16(23)21-14-5-1-3-12-4-2-6-19-17(12)14;;/h1-6,13,18H,7-11H2,(H,20,22)(H,21,23);2*1H. The Balaban J connectivity index is 0.00000169. The fourth-order valence-electron chi connectivity index (χ4n) is 2.63. The number of para-hydroxylation sites is 1. The van der Waals surface area contributed by atoms with Gasteiger partial charge in [-0.15, -0.1) is 24.8 Å². The number of carbonyl (C=O) groups excluding carboxylic acids is 2. The second-order valence-corrected chi connectivity index (χ2v) is 5.64. The van der Waals surface area contributed by atoms with Crippen molar-refractivity contribution in [3.8, 4) is 0 Å². The summed E-state index contributed by atoms with van der Waals surface area (Å²) in [6, 6.07) is 9.35. The summed E-state index contributed by atoms with van der Waals surface area (Å²) in [5, 5.41) is 9.57. The van der Waals surface area contributed by atoms with Gasteiger partial charge in [0.05, 0.1) is 31.0 Å². The summed E-state index contributed by atoms with van der Waals surface area (Å²) in [5.41, 5.74) is 1.36. The molecule has 3 rings (SSSR count). The van der Waals surface area contributed by atoms with E-state index in [-0.39, 0.29) is 49.2 Å². The molecule has 7 nitrogen and oxygen atoms in total. The number of aromatic nitrogens is 1. The number of anilines is 1. The molecule has 0 aliphatic carbocycles. The van der Waals surface area contributed by atoms with Crippen LogP contribution in [0.4, 0.5) is 5.69 Å². The quantitative estimate of drug-likeness (QED) is 0.707. The Bertz CT molecular complexity index is 734. The van der Waals surface area contributed by atoms with Crippen molar-refractivity contribution in [2.75, 3.05) is 31.6 Å². The summed E-state index contributed by atoms with van der Waals surface area (Å²) in [4.78, 5) is 28.2. The minimum absolute atomic E-state index is 0. The molecule has 9 heteroatoms. The molecule has 2 amide bonds. The molecule has 1 aromatic carbocycles. The molecule has 2 heterocycles. The first-order valence-corrected chi connectivity index (χ1v) is 7.94. The summed E-state index contributed by atoms with van der Waals surface area (Å²) in [7, 11) is 0. The molecule has 3 N–H and O–H groups in total. The number of fused-ring (bicyclic) bond motifs is 1. The summed E-state index contributed by atoms with van der Waals surface area (Å²) in [5.74, 6) is -0.460. The second kappa shape index (κ2) is 10.9. The van der Waals surface area contributed by atoms with Crippen molar-refractivity contribution < 1.29 is 14.3 Å². The molecule has 1 fully saturated rings. The second-order valence-electron chi connectivity index (χ2n) is 5.64. The highest BCUT2D eigenvalue weighted by atomic mass is 35.5. The molecule has 0 radical (unpaired) electrons. The van der Waals surface area contributed by atoms with Crippen molar-refractivity contribution in [1.29, 1.82) is 0 Å². The van der Waals surface area contributed by atoms with Crippen LogP contribution < -0.4 is 16.0 Å². The summed E-state index contributed by atoms with van der Waals surface area (Å²) in [6.45, 7) is 1.85. The van der Waals surface area contributed by atoms with Gasteiger partial charge in [0.25, 0.3) is 0 Å². The lowest BCUT2D eigenvalue weighted by atomic mass is 10.2. The number of nitrogens with one attached hydrogen (secondary N) is 3. The predicted molar refractivity (Wildman–Crippen MR) is 105 cm³/mol. The van der Waals surface area contributed by atoms with Crippen molar-refractivity contribution in [2.24, 2.45) is 0 Å². The number of ether oxygens (including phenoxy) is 1. The maximum atomic E-state index is 12.1. The highest BCUT2D eigenvalue weighted by Crippen LogP contribution is 2.20. The highest BCUT2D eigenvalue weighted by Gasteiger charge is 2.17. The average Bonchev–Trinajstić information content (AvgIpc) is 2.61. The third-order valence-electron chi connectivity index (χ3n) is 3.78. The van der Waals surface area contributed by atoms with E-state index >= 15 is 0 Å². The topological polar surface area (TPSA) is 92.4 Å². The Morgan fingerprint density at radius 3 is 2.77 bits per heavy atom. The van der Waals surface area contributed by atoms with Gasteiger partial charge in [-0.3, -0.25) is 14.6 Å². The molecule has 1 saturated heterocycles. The largest absolute Gasteiger partial charge is 0.378 e. The van der Waals surface area contributed by atoms with Crippen LogP contribution in [0.2, 0.25) is 0 Å². The van der Waals surface area contributed by atoms with Crippen LogP contribution in [0, 0.1) is 0 Å². The van der Waals surface area contributed by atoms with Crippen LogP contribution in [0.5, 0.6) is 0 Å². The van der Waals surface area contributed by atoms with Crippen LogP contribution in [0.1, 0.15) is 6.42 Å². The van der Waals surface area contributed by atoms with E-state index in [1.54, 1.807) is 12.3 Å². The molecule has 142 valence electrons. The molecule has 1 aliphatic heterocycles. The maximum Gasteiger partial charge on any atom is 0.243 e. The predicted octanol–water partition coefficient (Wildman–Crippen LogP) is 1.51. The summed E-state index contributed by atoms with van der Waals surface area (Å²) < 4.78 is 5.30. The van der Waals surface area contributed by atoms with Crippen molar-refractivity contribution >= 4 is 53.2 Å². The van der Waals surface area contributed by atoms with Crippen LogP contribution in [-0.2, 0) is 14.3 Å². The number of nitrogens with zero attached hydrogens (tertiary/aromatic N) is 1. The van der Waals surface area contributed by atoms with Gasteiger partial charge in [-0.1, -0.05) is 18.2 Å². The molecule has 1 atom stereocenters. The zero-order valence-electron chi connectivity index (χ0n) is 14.1. The fraction of sp³-hybridized carbons (Fsp3) is 0.353. The zero-order chi connectivity index (χ0) is 16.8. The number of halogens is 2. The first-order valence-electron chi connectivity index (χ1n) is 7.94. The number of pyridine rings is 1. The molecule has 0 saturated carbocycles. The number of rotatable bonds is 5. The minimum atomic E-state index is -0.283. The number of hydrogen-bond donors (Lipinski definition) is 3. The average molecular weight is 401 g/mol. The molecule has 0 bridgehead atoms. The van der Waals surface area contributed by atoms with Gasteiger partial charge < -0.3 is 20.7 Å². The van der Waals surface area contributed by atoms with Gasteiger partial charge in [0, 0.05) is 30.6 Å². The molecule has 1 aromatic heterocycles. The first kappa shape index (κ1) is 22.1. The number of hydrogen-bond acceptors (Lipinski definition) is 5. The van der Waals surface area contributed by atoms with E-state index in [4.69, 9.17) is 4.74 Å². The monoisotopic (exact) mass is 400 g/mol.